The summed E-state index contributed by atoms with van der Waals surface area (Å²) in [5.41, 5.74) is 0. The maximum absolute atomic E-state index is 12.8. The summed E-state index contributed by atoms with van der Waals surface area (Å²) in [6.07, 6.45) is 66.5. The molecule has 0 aliphatic heterocycles. The Morgan fingerprint density at radius 3 is 1.21 bits per heavy atom. The average molecular weight is 1000 g/mol. The summed E-state index contributed by atoms with van der Waals surface area (Å²) >= 11 is 0. The van der Waals surface area contributed by atoms with Crippen molar-refractivity contribution < 1.29 is 42.1 Å². The van der Waals surface area contributed by atoms with Crippen LogP contribution in [0.25, 0.3) is 0 Å². The number of likely N-dealkylation sites (N-methyl/N-ethyl adjacent to an activating group) is 1. The van der Waals surface area contributed by atoms with Gasteiger partial charge in [0, 0.05) is 12.8 Å². The summed E-state index contributed by atoms with van der Waals surface area (Å²) in [5.74, 6) is -0.837. The van der Waals surface area contributed by atoms with Crippen LogP contribution in [0.4, 0.5) is 0 Å². The standard InChI is InChI=1S/C60H108NO8P/c1-6-8-10-12-14-16-18-20-22-24-26-27-28-29-30-31-32-33-35-37-39-41-43-45-47-49-51-53-60(63)69-58(57-68-70(64,65)67-55-54-61(3,4)5)56-66-59(62)52-50-48-46-44-42-40-38-36-34-25-23-21-19-17-15-13-11-9-7-2/h8,10,14,16,20,22,26-27,29-30,32-33,58H,6-7,9,11-13,15,17-19,21,23-25,28,31,34-57H2,1-5H3/b10-8-,16-14-,22-20-,27-26-,30-29-,33-32-. The normalized spacial score (nSPS) is 13.9. The van der Waals surface area contributed by atoms with Crippen LogP contribution in [-0.4, -0.2) is 70.0 Å². The molecule has 0 saturated carbocycles. The van der Waals surface area contributed by atoms with Crippen LogP contribution in [-0.2, 0) is 32.7 Å². The molecule has 2 atom stereocenters. The van der Waals surface area contributed by atoms with Crippen LogP contribution in [0, 0.1) is 0 Å². The summed E-state index contributed by atoms with van der Waals surface area (Å²) in [4.78, 5) is 37.9. The highest BCUT2D eigenvalue weighted by Gasteiger charge is 2.21. The molecule has 0 aromatic carbocycles. The Morgan fingerprint density at radius 2 is 0.814 bits per heavy atom. The molecule has 0 aliphatic rings. The summed E-state index contributed by atoms with van der Waals surface area (Å²) in [6.45, 7) is 4.14. The van der Waals surface area contributed by atoms with Crippen molar-refractivity contribution in [2.75, 3.05) is 47.5 Å². The predicted octanol–water partition coefficient (Wildman–Crippen LogP) is 17.1. The number of esters is 2. The first-order valence-electron chi connectivity index (χ1n) is 28.6. The fraction of sp³-hybridized carbons (Fsp3) is 0.767. The lowest BCUT2D eigenvalue weighted by atomic mass is 10.0. The maximum atomic E-state index is 12.8. The summed E-state index contributed by atoms with van der Waals surface area (Å²) in [6, 6.07) is 0. The van der Waals surface area contributed by atoms with E-state index in [1.54, 1.807) is 0 Å². The van der Waals surface area contributed by atoms with Crippen molar-refractivity contribution in [3.8, 4) is 0 Å². The highest BCUT2D eigenvalue weighted by molar-refractivity contribution is 7.45. The average Bonchev–Trinajstić information content (AvgIpc) is 3.32. The minimum absolute atomic E-state index is 0.0342. The van der Waals surface area contributed by atoms with Crippen LogP contribution < -0.4 is 4.89 Å². The molecule has 0 aromatic rings. The number of quaternary nitrogens is 1. The molecule has 2 unspecified atom stereocenters. The van der Waals surface area contributed by atoms with Crippen molar-refractivity contribution >= 4 is 19.8 Å². The van der Waals surface area contributed by atoms with E-state index in [4.69, 9.17) is 18.5 Å². The Bertz CT molecular complexity index is 1410. The molecule has 0 heterocycles. The van der Waals surface area contributed by atoms with Gasteiger partial charge in [-0.1, -0.05) is 241 Å². The monoisotopic (exact) mass is 1000 g/mol. The zero-order valence-electron chi connectivity index (χ0n) is 46.0. The second-order valence-corrected chi connectivity index (χ2v) is 21.7. The summed E-state index contributed by atoms with van der Waals surface area (Å²) in [5, 5.41) is 0. The topological polar surface area (TPSA) is 111 Å². The van der Waals surface area contributed by atoms with Gasteiger partial charge in [-0.2, -0.15) is 0 Å². The Morgan fingerprint density at radius 1 is 0.457 bits per heavy atom. The lowest BCUT2D eigenvalue weighted by Gasteiger charge is -2.28. The minimum Gasteiger partial charge on any atom is -0.756 e. The molecule has 0 saturated heterocycles. The molecule has 406 valence electrons. The van der Waals surface area contributed by atoms with Crippen LogP contribution >= 0.6 is 7.82 Å². The molecule has 0 radical (unpaired) electrons. The number of allylic oxidation sites excluding steroid dienone is 12. The van der Waals surface area contributed by atoms with Crippen LogP contribution in [0.3, 0.4) is 0 Å². The zero-order chi connectivity index (χ0) is 51.3. The second kappa shape index (κ2) is 51.4. The van der Waals surface area contributed by atoms with Gasteiger partial charge in [0.15, 0.2) is 6.10 Å². The molecule has 70 heavy (non-hydrogen) atoms. The second-order valence-electron chi connectivity index (χ2n) is 20.3. The number of phosphoric acid groups is 1. The quantitative estimate of drug-likeness (QED) is 0.0195. The van der Waals surface area contributed by atoms with Gasteiger partial charge in [0.05, 0.1) is 27.7 Å². The van der Waals surface area contributed by atoms with Crippen molar-refractivity contribution in [2.24, 2.45) is 0 Å². The van der Waals surface area contributed by atoms with E-state index in [0.717, 1.165) is 83.5 Å². The third kappa shape index (κ3) is 54.8. The SMILES string of the molecule is CC/C=C\C/C=C\C/C=C\C/C=C\C/C=C\C/C=C\CCCCCCCCCCC(=O)OC(COC(=O)CCCCCCCCCCCCCCCCCCCCC)COP(=O)([O-])OCC[N+](C)(C)C. The number of ether oxygens (including phenoxy) is 2. The first kappa shape index (κ1) is 67.5. The number of rotatable bonds is 52. The van der Waals surface area contributed by atoms with Crippen LogP contribution in [0.2, 0.25) is 0 Å². The van der Waals surface area contributed by atoms with Crippen LogP contribution in [0.1, 0.15) is 245 Å². The molecule has 0 bridgehead atoms. The Balaban J connectivity index is 4.20. The van der Waals surface area contributed by atoms with E-state index < -0.39 is 26.5 Å². The molecule has 0 aromatic heterocycles. The number of phosphoric ester groups is 1. The largest absolute Gasteiger partial charge is 0.756 e. The minimum atomic E-state index is -4.64. The fourth-order valence-corrected chi connectivity index (χ4v) is 8.57. The number of hydrogen-bond donors (Lipinski definition) is 0. The van der Waals surface area contributed by atoms with Gasteiger partial charge in [-0.05, 0) is 64.2 Å². The van der Waals surface area contributed by atoms with Crippen molar-refractivity contribution in [1.82, 2.24) is 0 Å². The molecule has 9 nitrogen and oxygen atoms in total. The van der Waals surface area contributed by atoms with E-state index in [1.807, 2.05) is 21.1 Å². The van der Waals surface area contributed by atoms with E-state index >= 15 is 0 Å². The lowest BCUT2D eigenvalue weighted by Crippen LogP contribution is -2.37. The molecular weight excluding hydrogens is 894 g/mol. The van der Waals surface area contributed by atoms with Gasteiger partial charge in [-0.25, -0.2) is 0 Å². The number of carbonyl (C=O) groups excluding carboxylic acids is 2. The zero-order valence-corrected chi connectivity index (χ0v) is 46.8. The Labute approximate surface area is 431 Å². The molecule has 0 rings (SSSR count). The van der Waals surface area contributed by atoms with E-state index in [2.05, 4.69) is 86.8 Å². The van der Waals surface area contributed by atoms with Crippen LogP contribution in [0.5, 0.6) is 0 Å². The third-order valence-electron chi connectivity index (χ3n) is 12.2. The van der Waals surface area contributed by atoms with Crippen LogP contribution in [0.15, 0.2) is 72.9 Å². The fourth-order valence-electron chi connectivity index (χ4n) is 7.84. The first-order chi connectivity index (χ1) is 34.0. The van der Waals surface area contributed by atoms with E-state index in [0.29, 0.717) is 17.4 Å². The highest BCUT2D eigenvalue weighted by atomic mass is 31.2. The first-order valence-corrected chi connectivity index (χ1v) is 30.1. The lowest BCUT2D eigenvalue weighted by molar-refractivity contribution is -0.870. The molecule has 0 amide bonds. The predicted molar refractivity (Wildman–Crippen MR) is 296 cm³/mol. The number of unbranched alkanes of at least 4 members (excludes halogenated alkanes) is 26. The van der Waals surface area contributed by atoms with E-state index in [1.165, 1.54) is 128 Å². The van der Waals surface area contributed by atoms with Crippen molar-refractivity contribution in [3.05, 3.63) is 72.9 Å². The smallest absolute Gasteiger partial charge is 0.306 e. The van der Waals surface area contributed by atoms with Crippen molar-refractivity contribution in [2.45, 2.75) is 251 Å². The van der Waals surface area contributed by atoms with Gasteiger partial charge in [0.2, 0.25) is 0 Å². The molecule has 0 spiro atoms. The molecular formula is C60H108NO8P. The molecule has 10 heteroatoms. The number of carbonyl (C=O) groups is 2. The molecule has 0 fully saturated rings. The van der Waals surface area contributed by atoms with Gasteiger partial charge in [-0.15, -0.1) is 0 Å². The maximum Gasteiger partial charge on any atom is 0.306 e. The molecule has 0 aliphatic carbocycles. The van der Waals surface area contributed by atoms with Crippen molar-refractivity contribution in [1.29, 1.82) is 0 Å². The summed E-state index contributed by atoms with van der Waals surface area (Å²) < 4.78 is 34.1. The highest BCUT2D eigenvalue weighted by Crippen LogP contribution is 2.38. The molecule has 0 N–H and O–H groups in total. The van der Waals surface area contributed by atoms with Gasteiger partial charge < -0.3 is 27.9 Å². The Hall–Kier alpha value is -2.55. The number of hydrogen-bond acceptors (Lipinski definition) is 8. The third-order valence-corrected chi connectivity index (χ3v) is 13.2. The van der Waals surface area contributed by atoms with E-state index in [9.17, 15) is 19.0 Å². The van der Waals surface area contributed by atoms with Gasteiger partial charge >= 0.3 is 11.9 Å². The summed E-state index contributed by atoms with van der Waals surface area (Å²) in [7, 11) is 1.16. The van der Waals surface area contributed by atoms with Crippen molar-refractivity contribution in [3.63, 3.8) is 0 Å². The van der Waals surface area contributed by atoms with Gasteiger partial charge in [0.25, 0.3) is 7.82 Å². The van der Waals surface area contributed by atoms with E-state index in [-0.39, 0.29) is 32.0 Å². The number of nitrogens with zero attached hydrogens (tertiary/aromatic N) is 1. The van der Waals surface area contributed by atoms with Gasteiger partial charge in [0.1, 0.15) is 19.8 Å². The Kier molecular flexibility index (Phi) is 49.5. The van der Waals surface area contributed by atoms with Gasteiger partial charge in [-0.3, -0.25) is 14.2 Å².